The number of benzene rings is 1. The van der Waals surface area contributed by atoms with Gasteiger partial charge < -0.3 is 10.2 Å². The molecule has 1 aromatic rings. The van der Waals surface area contributed by atoms with Gasteiger partial charge in [0, 0.05) is 19.8 Å². The van der Waals surface area contributed by atoms with Gasteiger partial charge in [0.15, 0.2) is 16.3 Å². The van der Waals surface area contributed by atoms with E-state index in [1.54, 1.807) is 14.1 Å². The Bertz CT molecular complexity index is 312. The molecule has 0 saturated carbocycles. The van der Waals surface area contributed by atoms with E-state index in [4.69, 9.17) is 0 Å². The van der Waals surface area contributed by atoms with Crippen LogP contribution in [0.25, 0.3) is 0 Å². The number of urea groups is 1. The number of carbonyl (C=O) groups is 1. The van der Waals surface area contributed by atoms with Crippen molar-refractivity contribution in [2.75, 3.05) is 19.4 Å². The lowest BCUT2D eigenvalue weighted by molar-refractivity contribution is 0.230. The molecule has 4 heteroatoms. The second-order valence-electron chi connectivity index (χ2n) is 2.91. The molecule has 0 unspecified atom stereocenters. The monoisotopic (exact) mass is 190 g/mol. The van der Waals surface area contributed by atoms with Crippen molar-refractivity contribution in [2.45, 2.75) is 0 Å². The molecule has 0 fully saturated rings. The minimum atomic E-state index is -0.116. The van der Waals surface area contributed by atoms with Gasteiger partial charge in [-0.3, -0.25) is 0 Å². The molecule has 2 amide bonds. The molecule has 0 aliphatic rings. The van der Waals surface area contributed by atoms with Gasteiger partial charge in [0.2, 0.25) is 0 Å². The molecule has 1 N–H and O–H groups in total. The summed E-state index contributed by atoms with van der Waals surface area (Å²) in [4.78, 5) is 12.8. The average molecular weight is 190 g/mol. The highest BCUT2D eigenvalue weighted by molar-refractivity contribution is 6.36. The van der Waals surface area contributed by atoms with Gasteiger partial charge in [-0.15, -0.1) is 4.43 Å². The molecule has 3 nitrogen and oxygen atoms in total. The summed E-state index contributed by atoms with van der Waals surface area (Å²) >= 11 is 2.58. The van der Waals surface area contributed by atoms with E-state index < -0.39 is 0 Å². The topological polar surface area (TPSA) is 32.3 Å². The molecule has 0 bridgehead atoms. The van der Waals surface area contributed by atoms with Crippen molar-refractivity contribution in [3.63, 3.8) is 0 Å². The summed E-state index contributed by atoms with van der Waals surface area (Å²) in [6, 6.07) is 7.49. The minimum Gasteiger partial charge on any atom is -0.331 e. The lowest BCUT2D eigenvalue weighted by Crippen LogP contribution is -2.29. The number of anilines is 1. The molecule has 0 aliphatic heterocycles. The van der Waals surface area contributed by atoms with Crippen LogP contribution in [-0.4, -0.2) is 41.3 Å². The Hall–Kier alpha value is -0.978. The first kappa shape index (κ1) is 10.1. The Morgan fingerprint density at radius 3 is 2.54 bits per heavy atom. The third-order valence-electron chi connectivity index (χ3n) is 1.61. The smallest absolute Gasteiger partial charge is 0.321 e. The highest BCUT2D eigenvalue weighted by Gasteiger charge is 2.03. The zero-order valence-corrected chi connectivity index (χ0v) is 8.90. The van der Waals surface area contributed by atoms with E-state index in [2.05, 4.69) is 21.6 Å². The van der Waals surface area contributed by atoms with Gasteiger partial charge in [0.05, 0.1) is 0 Å². The highest BCUT2D eigenvalue weighted by atomic mass is 27.0. The third-order valence-corrected chi connectivity index (χ3v) is 2.11. The zero-order chi connectivity index (χ0) is 9.84. The van der Waals surface area contributed by atoms with E-state index in [1.165, 1.54) is 4.90 Å². The van der Waals surface area contributed by atoms with Crippen LogP contribution in [0.5, 0.6) is 0 Å². The minimum absolute atomic E-state index is 0.116. The molecule has 1 rings (SSSR count). The molecular weight excluding hydrogens is 179 g/mol. The summed E-state index contributed by atoms with van der Waals surface area (Å²) in [5.41, 5.74) is 0.825. The molecule has 66 valence electrons. The van der Waals surface area contributed by atoms with Crippen LogP contribution < -0.4 is 9.74 Å². The van der Waals surface area contributed by atoms with E-state index in [-0.39, 0.29) is 6.03 Å². The highest BCUT2D eigenvalue weighted by Crippen LogP contribution is 2.01. The van der Waals surface area contributed by atoms with Crippen LogP contribution in [0.1, 0.15) is 0 Å². The van der Waals surface area contributed by atoms with Crippen molar-refractivity contribution < 1.29 is 4.79 Å². The van der Waals surface area contributed by atoms with Gasteiger partial charge in [0.1, 0.15) is 0 Å². The Balaban J connectivity index is 2.75. The lowest BCUT2D eigenvalue weighted by Gasteiger charge is -2.13. The zero-order valence-electron chi connectivity index (χ0n) is 7.74. The molecule has 0 atom stereocenters. The van der Waals surface area contributed by atoms with Gasteiger partial charge in [-0.05, 0) is 6.07 Å². The summed E-state index contributed by atoms with van der Waals surface area (Å²) < 4.78 is 0.984. The first-order valence-electron chi connectivity index (χ1n) is 3.94. The maximum absolute atomic E-state index is 11.3. The van der Waals surface area contributed by atoms with E-state index in [1.807, 2.05) is 24.3 Å². The van der Waals surface area contributed by atoms with Gasteiger partial charge in [-0.25, -0.2) is 4.79 Å². The first-order chi connectivity index (χ1) is 6.11. The molecule has 1 aromatic carbocycles. The van der Waals surface area contributed by atoms with Crippen LogP contribution in [0.4, 0.5) is 10.5 Å². The molecule has 0 aliphatic carbocycles. The third kappa shape index (κ3) is 2.76. The average Bonchev–Trinajstić information content (AvgIpc) is 2.08. The molecule has 0 heterocycles. The fourth-order valence-corrected chi connectivity index (χ4v) is 1.12. The normalized spacial score (nSPS) is 9.38. The van der Waals surface area contributed by atoms with E-state index >= 15 is 0 Å². The number of carbonyl (C=O) groups excluding carboxylic acids is 1. The van der Waals surface area contributed by atoms with Crippen LogP contribution in [-0.2, 0) is 0 Å². The number of hydrogen-bond acceptors (Lipinski definition) is 1. The van der Waals surface area contributed by atoms with Gasteiger partial charge in [0.25, 0.3) is 0 Å². The van der Waals surface area contributed by atoms with Gasteiger partial charge in [-0.1, -0.05) is 18.2 Å². The van der Waals surface area contributed by atoms with Crippen molar-refractivity contribution in [1.82, 2.24) is 4.90 Å². The number of nitrogens with zero attached hydrogens (tertiary/aromatic N) is 1. The predicted octanol–water partition coefficient (Wildman–Crippen LogP) is 0.574. The number of nitrogens with one attached hydrogen (secondary N) is 1. The van der Waals surface area contributed by atoms with E-state index in [0.717, 1.165) is 10.1 Å². The fraction of sp³-hybridized carbons (Fsp3) is 0.222. The van der Waals surface area contributed by atoms with Crippen LogP contribution in [0, 0.1) is 0 Å². The maximum atomic E-state index is 11.3. The largest absolute Gasteiger partial charge is 0.331 e. The van der Waals surface area contributed by atoms with Crippen LogP contribution in [0.15, 0.2) is 24.3 Å². The Kier molecular flexibility index (Phi) is 3.35. The number of hydrogen-bond donors (Lipinski definition) is 1. The summed E-state index contributed by atoms with van der Waals surface area (Å²) in [6.07, 6.45) is 0. The van der Waals surface area contributed by atoms with E-state index in [9.17, 15) is 4.79 Å². The molecule has 0 aromatic heterocycles. The SMILES string of the molecule is CN(C)C(=O)Nc1cccc[c]1[Al]. The number of amides is 2. The maximum Gasteiger partial charge on any atom is 0.321 e. The van der Waals surface area contributed by atoms with Crippen molar-refractivity contribution in [2.24, 2.45) is 0 Å². The number of para-hydroxylation sites is 1. The number of rotatable bonds is 1. The Morgan fingerprint density at radius 2 is 2.00 bits per heavy atom. The van der Waals surface area contributed by atoms with Crippen molar-refractivity contribution in [3.8, 4) is 0 Å². The van der Waals surface area contributed by atoms with Crippen LogP contribution in [0.3, 0.4) is 0 Å². The summed E-state index contributed by atoms with van der Waals surface area (Å²) in [6.45, 7) is 0. The molecule has 0 saturated heterocycles. The van der Waals surface area contributed by atoms with Crippen molar-refractivity contribution >= 4 is 32.4 Å². The quantitative estimate of drug-likeness (QED) is 0.645. The lowest BCUT2D eigenvalue weighted by atomic mass is 10.3. The summed E-state index contributed by atoms with van der Waals surface area (Å²) in [5.74, 6) is 0. The molecular formula is C9H11AlN2O. The van der Waals surface area contributed by atoms with Crippen LogP contribution in [0.2, 0.25) is 0 Å². The van der Waals surface area contributed by atoms with Gasteiger partial charge >= 0.3 is 6.03 Å². The Labute approximate surface area is 86.2 Å². The second kappa shape index (κ2) is 4.31. The molecule has 13 heavy (non-hydrogen) atoms. The van der Waals surface area contributed by atoms with Crippen LogP contribution >= 0.6 is 0 Å². The van der Waals surface area contributed by atoms with Crippen molar-refractivity contribution in [1.29, 1.82) is 0 Å². The predicted molar refractivity (Wildman–Crippen MR) is 54.5 cm³/mol. The molecule has 0 spiro atoms. The first-order valence-corrected chi connectivity index (χ1v) is 4.52. The Morgan fingerprint density at radius 1 is 1.38 bits per heavy atom. The van der Waals surface area contributed by atoms with E-state index in [0.29, 0.717) is 0 Å². The summed E-state index contributed by atoms with van der Waals surface area (Å²) in [5, 5.41) is 2.78. The van der Waals surface area contributed by atoms with Crippen molar-refractivity contribution in [3.05, 3.63) is 24.3 Å². The standard InChI is InChI=1S/C9H11N2O.Al/c1-11(2)9(12)10-8-6-4-3-5-7-8;/h3-6H,1-2H3,(H,10,12);. The second-order valence-corrected chi connectivity index (χ2v) is 3.53. The fourth-order valence-electron chi connectivity index (χ4n) is 0.838. The van der Waals surface area contributed by atoms with Gasteiger partial charge in [-0.2, -0.15) is 0 Å². The summed E-state index contributed by atoms with van der Waals surface area (Å²) in [7, 11) is 3.42. The molecule has 2 radical (unpaired) electrons.